The molecule has 0 saturated carbocycles. The number of thiophene rings is 1. The Kier molecular flexibility index (Phi) is 4.80. The minimum Gasteiger partial charge on any atom is -0.355 e. The molecule has 0 saturated heterocycles. The highest BCUT2D eigenvalue weighted by molar-refractivity contribution is 7.16. The summed E-state index contributed by atoms with van der Waals surface area (Å²) in [7, 11) is 4.01. The highest BCUT2D eigenvalue weighted by Crippen LogP contribution is 2.24. The summed E-state index contributed by atoms with van der Waals surface area (Å²) in [6.07, 6.45) is 1.86. The predicted molar refractivity (Wildman–Crippen MR) is 83.1 cm³/mol. The predicted octanol–water partition coefficient (Wildman–Crippen LogP) is 3.71. The molecule has 1 unspecified atom stereocenters. The fourth-order valence-electron chi connectivity index (χ4n) is 1.83. The normalized spacial score (nSPS) is 12.4. The summed E-state index contributed by atoms with van der Waals surface area (Å²) >= 11 is 7.56. The Morgan fingerprint density at radius 3 is 2.84 bits per heavy atom. The Labute approximate surface area is 123 Å². The second-order valence-electron chi connectivity index (χ2n) is 4.52. The third-order valence-corrected chi connectivity index (χ3v) is 4.33. The van der Waals surface area contributed by atoms with Crippen molar-refractivity contribution in [1.82, 2.24) is 10.3 Å². The molecule has 0 aromatic carbocycles. The van der Waals surface area contributed by atoms with Gasteiger partial charge >= 0.3 is 0 Å². The summed E-state index contributed by atoms with van der Waals surface area (Å²) in [5.74, 6) is 0.976. The van der Waals surface area contributed by atoms with Crippen LogP contribution < -0.4 is 10.2 Å². The lowest BCUT2D eigenvalue weighted by Crippen LogP contribution is -2.18. The molecular weight excluding hydrogens is 278 g/mol. The first-order valence-corrected chi connectivity index (χ1v) is 7.38. The standard InChI is InChI=1S/C14H18ClN3S/c1-10(16-2)11-6-7-17-14(8-11)18(3)9-12-4-5-13(15)19-12/h4-8,10,16H,9H2,1-3H3. The minimum atomic E-state index is 0.325. The molecule has 0 spiro atoms. The van der Waals surface area contributed by atoms with Gasteiger partial charge in [0.05, 0.1) is 10.9 Å². The Morgan fingerprint density at radius 2 is 2.21 bits per heavy atom. The van der Waals surface area contributed by atoms with Gasteiger partial charge in [-0.1, -0.05) is 11.6 Å². The fourth-order valence-corrected chi connectivity index (χ4v) is 2.97. The van der Waals surface area contributed by atoms with Crippen molar-refractivity contribution >= 4 is 28.8 Å². The van der Waals surface area contributed by atoms with Gasteiger partial charge in [-0.2, -0.15) is 0 Å². The van der Waals surface area contributed by atoms with E-state index in [1.165, 1.54) is 10.4 Å². The maximum Gasteiger partial charge on any atom is 0.128 e. The quantitative estimate of drug-likeness (QED) is 0.911. The van der Waals surface area contributed by atoms with E-state index in [9.17, 15) is 0 Å². The highest BCUT2D eigenvalue weighted by Gasteiger charge is 2.08. The number of hydrogen-bond acceptors (Lipinski definition) is 4. The van der Waals surface area contributed by atoms with Gasteiger partial charge in [-0.3, -0.25) is 0 Å². The second-order valence-corrected chi connectivity index (χ2v) is 6.32. The van der Waals surface area contributed by atoms with Gasteiger partial charge in [0.15, 0.2) is 0 Å². The molecule has 2 aromatic heterocycles. The number of nitrogens with zero attached hydrogens (tertiary/aromatic N) is 2. The van der Waals surface area contributed by atoms with Gasteiger partial charge in [0, 0.05) is 24.2 Å². The van der Waals surface area contributed by atoms with Crippen LogP contribution in [0.3, 0.4) is 0 Å². The topological polar surface area (TPSA) is 28.2 Å². The van der Waals surface area contributed by atoms with E-state index in [1.54, 1.807) is 11.3 Å². The molecule has 0 amide bonds. The zero-order chi connectivity index (χ0) is 13.8. The number of rotatable bonds is 5. The molecular formula is C14H18ClN3S. The molecule has 2 aromatic rings. The van der Waals surface area contributed by atoms with Crippen molar-refractivity contribution in [2.75, 3.05) is 19.0 Å². The molecule has 1 atom stereocenters. The molecule has 0 fully saturated rings. The minimum absolute atomic E-state index is 0.325. The van der Waals surface area contributed by atoms with Crippen molar-refractivity contribution < 1.29 is 0 Å². The SMILES string of the molecule is CNC(C)c1ccnc(N(C)Cc2ccc(Cl)s2)c1. The number of pyridine rings is 1. The summed E-state index contributed by atoms with van der Waals surface area (Å²) in [6, 6.07) is 8.48. The number of hydrogen-bond donors (Lipinski definition) is 1. The fraction of sp³-hybridized carbons (Fsp3) is 0.357. The zero-order valence-corrected chi connectivity index (χ0v) is 12.9. The number of anilines is 1. The van der Waals surface area contributed by atoms with Gasteiger partial charge in [0.2, 0.25) is 0 Å². The highest BCUT2D eigenvalue weighted by atomic mass is 35.5. The molecule has 0 aliphatic rings. The number of aromatic nitrogens is 1. The summed E-state index contributed by atoms with van der Waals surface area (Å²) < 4.78 is 0.828. The Hall–Kier alpha value is -1.10. The third-order valence-electron chi connectivity index (χ3n) is 3.12. The first kappa shape index (κ1) is 14.3. The summed E-state index contributed by atoms with van der Waals surface area (Å²) in [5, 5.41) is 3.24. The second kappa shape index (κ2) is 6.37. The van der Waals surface area contributed by atoms with Crippen molar-refractivity contribution in [2.24, 2.45) is 0 Å². The first-order valence-electron chi connectivity index (χ1n) is 6.18. The van der Waals surface area contributed by atoms with E-state index >= 15 is 0 Å². The van der Waals surface area contributed by atoms with Gasteiger partial charge in [-0.25, -0.2) is 4.98 Å². The largest absolute Gasteiger partial charge is 0.355 e. The van der Waals surface area contributed by atoms with E-state index in [1.807, 2.05) is 32.4 Å². The Morgan fingerprint density at radius 1 is 1.42 bits per heavy atom. The maximum atomic E-state index is 5.95. The van der Waals surface area contributed by atoms with Gasteiger partial charge < -0.3 is 10.2 Å². The van der Waals surface area contributed by atoms with Crippen LogP contribution in [-0.2, 0) is 6.54 Å². The van der Waals surface area contributed by atoms with Crippen LogP contribution in [0.5, 0.6) is 0 Å². The Bertz CT molecular complexity index is 541. The van der Waals surface area contributed by atoms with Crippen LogP contribution >= 0.6 is 22.9 Å². The Balaban J connectivity index is 2.12. The maximum absolute atomic E-state index is 5.95. The van der Waals surface area contributed by atoms with Crippen LogP contribution in [0.25, 0.3) is 0 Å². The van der Waals surface area contributed by atoms with Crippen molar-refractivity contribution in [3.05, 3.63) is 45.2 Å². The molecule has 0 bridgehead atoms. The number of halogens is 1. The van der Waals surface area contributed by atoms with Crippen molar-refractivity contribution in [3.8, 4) is 0 Å². The lowest BCUT2D eigenvalue weighted by molar-refractivity contribution is 0.651. The van der Waals surface area contributed by atoms with Crippen LogP contribution in [0.4, 0.5) is 5.82 Å². The molecule has 0 radical (unpaired) electrons. The monoisotopic (exact) mass is 295 g/mol. The lowest BCUT2D eigenvalue weighted by Gasteiger charge is -2.19. The van der Waals surface area contributed by atoms with E-state index in [2.05, 4.69) is 34.3 Å². The molecule has 3 nitrogen and oxygen atoms in total. The number of nitrogens with one attached hydrogen (secondary N) is 1. The summed E-state index contributed by atoms with van der Waals surface area (Å²) in [6.45, 7) is 2.96. The van der Waals surface area contributed by atoms with Crippen molar-refractivity contribution in [3.63, 3.8) is 0 Å². The van der Waals surface area contributed by atoms with Gasteiger partial charge in [0.25, 0.3) is 0 Å². The van der Waals surface area contributed by atoms with E-state index in [0.29, 0.717) is 6.04 Å². The molecule has 19 heavy (non-hydrogen) atoms. The zero-order valence-electron chi connectivity index (χ0n) is 11.4. The summed E-state index contributed by atoms with van der Waals surface area (Å²) in [4.78, 5) is 7.80. The molecule has 5 heteroatoms. The van der Waals surface area contributed by atoms with Crippen LogP contribution in [0.15, 0.2) is 30.5 Å². The molecule has 1 N–H and O–H groups in total. The van der Waals surface area contributed by atoms with E-state index in [4.69, 9.17) is 11.6 Å². The average Bonchev–Trinajstić information content (AvgIpc) is 2.83. The molecule has 0 aliphatic carbocycles. The van der Waals surface area contributed by atoms with Crippen LogP contribution in [0.2, 0.25) is 4.34 Å². The van der Waals surface area contributed by atoms with E-state index in [0.717, 1.165) is 16.7 Å². The average molecular weight is 296 g/mol. The third kappa shape index (κ3) is 3.69. The smallest absolute Gasteiger partial charge is 0.128 e. The van der Waals surface area contributed by atoms with Gasteiger partial charge in [-0.15, -0.1) is 11.3 Å². The van der Waals surface area contributed by atoms with Crippen LogP contribution in [-0.4, -0.2) is 19.1 Å². The van der Waals surface area contributed by atoms with Crippen LogP contribution in [0, 0.1) is 0 Å². The molecule has 0 aliphatic heterocycles. The molecule has 2 rings (SSSR count). The van der Waals surface area contributed by atoms with Gasteiger partial charge in [0.1, 0.15) is 5.82 Å². The van der Waals surface area contributed by atoms with Crippen LogP contribution in [0.1, 0.15) is 23.4 Å². The van der Waals surface area contributed by atoms with Crippen molar-refractivity contribution in [1.29, 1.82) is 0 Å². The van der Waals surface area contributed by atoms with Gasteiger partial charge in [-0.05, 0) is 43.8 Å². The van der Waals surface area contributed by atoms with E-state index < -0.39 is 0 Å². The van der Waals surface area contributed by atoms with E-state index in [-0.39, 0.29) is 0 Å². The first-order chi connectivity index (χ1) is 9.10. The molecule has 2 heterocycles. The summed E-state index contributed by atoms with van der Waals surface area (Å²) in [5.41, 5.74) is 1.24. The molecule has 102 valence electrons. The van der Waals surface area contributed by atoms with Crippen molar-refractivity contribution in [2.45, 2.75) is 19.5 Å². The lowest BCUT2D eigenvalue weighted by atomic mass is 10.1.